The molecule has 1 fully saturated rings. The number of likely N-dealkylation sites (tertiary alicyclic amines) is 1. The van der Waals surface area contributed by atoms with Crippen LogP contribution in [0.5, 0.6) is 0 Å². The van der Waals surface area contributed by atoms with Crippen molar-refractivity contribution in [3.05, 3.63) is 35.4 Å². The average molecular weight is 288 g/mol. The van der Waals surface area contributed by atoms with Crippen molar-refractivity contribution in [3.8, 4) is 0 Å². The number of piperidine rings is 1. The van der Waals surface area contributed by atoms with E-state index >= 15 is 0 Å². The van der Waals surface area contributed by atoms with Crippen molar-refractivity contribution in [3.63, 3.8) is 0 Å². The van der Waals surface area contributed by atoms with E-state index in [1.165, 1.54) is 11.1 Å². The monoisotopic (exact) mass is 288 g/mol. The molecule has 116 valence electrons. The quantitative estimate of drug-likeness (QED) is 0.929. The zero-order valence-electron chi connectivity index (χ0n) is 13.6. The number of hydrogen-bond acceptors (Lipinski definition) is 2. The SMILES string of the molecule is CC(C)(C)c1ccc(CCC(=O)N2CCCC(N)C2)cc1. The van der Waals surface area contributed by atoms with Gasteiger partial charge in [0.1, 0.15) is 0 Å². The predicted octanol–water partition coefficient (Wildman–Crippen LogP) is 2.87. The summed E-state index contributed by atoms with van der Waals surface area (Å²) in [4.78, 5) is 14.1. The molecule has 1 heterocycles. The van der Waals surface area contributed by atoms with E-state index < -0.39 is 0 Å². The van der Waals surface area contributed by atoms with E-state index in [2.05, 4.69) is 45.0 Å². The van der Waals surface area contributed by atoms with Crippen molar-refractivity contribution >= 4 is 5.91 Å². The maximum absolute atomic E-state index is 12.2. The smallest absolute Gasteiger partial charge is 0.222 e. The molecule has 1 amide bonds. The lowest BCUT2D eigenvalue weighted by atomic mass is 9.86. The van der Waals surface area contributed by atoms with Gasteiger partial charge in [0.05, 0.1) is 0 Å². The van der Waals surface area contributed by atoms with Crippen LogP contribution in [-0.4, -0.2) is 29.9 Å². The predicted molar refractivity (Wildman–Crippen MR) is 87.3 cm³/mol. The molecule has 0 spiro atoms. The Morgan fingerprint density at radius 1 is 1.29 bits per heavy atom. The number of benzene rings is 1. The summed E-state index contributed by atoms with van der Waals surface area (Å²) >= 11 is 0. The summed E-state index contributed by atoms with van der Waals surface area (Å²) in [5.74, 6) is 0.241. The summed E-state index contributed by atoms with van der Waals surface area (Å²) in [6.45, 7) is 8.23. The number of aryl methyl sites for hydroxylation is 1. The van der Waals surface area contributed by atoms with Crippen LogP contribution < -0.4 is 5.73 Å². The fraction of sp³-hybridized carbons (Fsp3) is 0.611. The van der Waals surface area contributed by atoms with Crippen LogP contribution >= 0.6 is 0 Å². The molecule has 0 aliphatic carbocycles. The van der Waals surface area contributed by atoms with Crippen molar-refractivity contribution in [1.82, 2.24) is 4.90 Å². The van der Waals surface area contributed by atoms with Gasteiger partial charge in [-0.05, 0) is 35.8 Å². The van der Waals surface area contributed by atoms with E-state index in [4.69, 9.17) is 5.73 Å². The highest BCUT2D eigenvalue weighted by atomic mass is 16.2. The van der Waals surface area contributed by atoms with Crippen molar-refractivity contribution in [2.45, 2.75) is 57.9 Å². The zero-order chi connectivity index (χ0) is 15.5. The number of rotatable bonds is 3. The van der Waals surface area contributed by atoms with Crippen LogP contribution in [0.15, 0.2) is 24.3 Å². The molecule has 0 saturated carbocycles. The summed E-state index contributed by atoms with van der Waals surface area (Å²) in [5.41, 5.74) is 8.68. The highest BCUT2D eigenvalue weighted by Crippen LogP contribution is 2.22. The van der Waals surface area contributed by atoms with E-state index in [0.717, 1.165) is 32.4 Å². The van der Waals surface area contributed by atoms with Crippen LogP contribution in [0.25, 0.3) is 0 Å². The van der Waals surface area contributed by atoms with Crippen LogP contribution in [0.2, 0.25) is 0 Å². The van der Waals surface area contributed by atoms with E-state index in [1.807, 2.05) is 4.90 Å². The molecule has 2 N–H and O–H groups in total. The summed E-state index contributed by atoms with van der Waals surface area (Å²) in [6, 6.07) is 8.81. The molecule has 1 atom stereocenters. The van der Waals surface area contributed by atoms with Gasteiger partial charge in [-0.15, -0.1) is 0 Å². The normalized spacial score (nSPS) is 19.6. The molecule has 1 unspecified atom stereocenters. The highest BCUT2D eigenvalue weighted by molar-refractivity contribution is 5.76. The highest BCUT2D eigenvalue weighted by Gasteiger charge is 2.20. The Bertz CT molecular complexity index is 473. The lowest BCUT2D eigenvalue weighted by Crippen LogP contribution is -2.45. The number of nitrogens with two attached hydrogens (primary N) is 1. The lowest BCUT2D eigenvalue weighted by Gasteiger charge is -2.30. The molecule has 2 rings (SSSR count). The van der Waals surface area contributed by atoms with Gasteiger partial charge in [0.2, 0.25) is 5.91 Å². The largest absolute Gasteiger partial charge is 0.341 e. The second kappa shape index (κ2) is 6.61. The first-order chi connectivity index (χ1) is 9.86. The van der Waals surface area contributed by atoms with Gasteiger partial charge in [-0.25, -0.2) is 0 Å². The molecule has 1 saturated heterocycles. The van der Waals surface area contributed by atoms with Crippen molar-refractivity contribution in [2.75, 3.05) is 13.1 Å². The van der Waals surface area contributed by atoms with Gasteiger partial charge in [0.15, 0.2) is 0 Å². The second-order valence-electron chi connectivity index (χ2n) is 7.19. The van der Waals surface area contributed by atoms with Gasteiger partial charge in [0, 0.05) is 25.6 Å². The average Bonchev–Trinajstić information content (AvgIpc) is 2.44. The lowest BCUT2D eigenvalue weighted by molar-refractivity contribution is -0.132. The molecule has 3 heteroatoms. The van der Waals surface area contributed by atoms with Gasteiger partial charge in [0.25, 0.3) is 0 Å². The minimum atomic E-state index is 0.161. The van der Waals surface area contributed by atoms with Crippen LogP contribution in [-0.2, 0) is 16.6 Å². The van der Waals surface area contributed by atoms with E-state index in [1.54, 1.807) is 0 Å². The summed E-state index contributed by atoms with van der Waals surface area (Å²) in [6.07, 6.45) is 3.47. The first-order valence-electron chi connectivity index (χ1n) is 7.99. The Hall–Kier alpha value is -1.35. The van der Waals surface area contributed by atoms with Crippen molar-refractivity contribution in [2.24, 2.45) is 5.73 Å². The summed E-state index contributed by atoms with van der Waals surface area (Å²) in [5, 5.41) is 0. The molecule has 1 aliphatic rings. The summed E-state index contributed by atoms with van der Waals surface area (Å²) in [7, 11) is 0. The molecule has 3 nitrogen and oxygen atoms in total. The van der Waals surface area contributed by atoms with E-state index in [-0.39, 0.29) is 17.4 Å². The minimum absolute atomic E-state index is 0.161. The molecule has 0 bridgehead atoms. The third kappa shape index (κ3) is 4.57. The first-order valence-corrected chi connectivity index (χ1v) is 7.99. The molecule has 1 aromatic rings. The number of nitrogens with zero attached hydrogens (tertiary/aromatic N) is 1. The van der Waals surface area contributed by atoms with E-state index in [0.29, 0.717) is 6.42 Å². The number of amides is 1. The van der Waals surface area contributed by atoms with Crippen molar-refractivity contribution < 1.29 is 4.79 Å². The van der Waals surface area contributed by atoms with Gasteiger partial charge in [-0.3, -0.25) is 4.79 Å². The fourth-order valence-electron chi connectivity index (χ4n) is 2.82. The molecule has 0 radical (unpaired) electrons. The molecule has 21 heavy (non-hydrogen) atoms. The second-order valence-corrected chi connectivity index (χ2v) is 7.19. The standard InChI is InChI=1S/C18H28N2O/c1-18(2,3)15-9-6-14(7-10-15)8-11-17(21)20-12-4-5-16(19)13-20/h6-7,9-10,16H,4-5,8,11-13,19H2,1-3H3. The van der Waals surface area contributed by atoms with Gasteiger partial charge in [-0.2, -0.15) is 0 Å². The van der Waals surface area contributed by atoms with Crippen LogP contribution in [0.3, 0.4) is 0 Å². The Morgan fingerprint density at radius 2 is 1.95 bits per heavy atom. The molecule has 0 aromatic heterocycles. The van der Waals surface area contributed by atoms with Gasteiger partial charge < -0.3 is 10.6 Å². The van der Waals surface area contributed by atoms with E-state index in [9.17, 15) is 4.79 Å². The van der Waals surface area contributed by atoms with Gasteiger partial charge in [-0.1, -0.05) is 45.0 Å². The maximum atomic E-state index is 12.2. The Kier molecular flexibility index (Phi) is 5.04. The Morgan fingerprint density at radius 3 is 2.52 bits per heavy atom. The molecular formula is C18H28N2O. The molecule has 1 aromatic carbocycles. The van der Waals surface area contributed by atoms with Gasteiger partial charge >= 0.3 is 0 Å². The number of hydrogen-bond donors (Lipinski definition) is 1. The number of carbonyl (C=O) groups excluding carboxylic acids is 1. The third-order valence-corrected chi connectivity index (χ3v) is 4.26. The van der Waals surface area contributed by atoms with Crippen LogP contribution in [0.1, 0.15) is 51.2 Å². The zero-order valence-corrected chi connectivity index (χ0v) is 13.6. The minimum Gasteiger partial charge on any atom is -0.341 e. The topological polar surface area (TPSA) is 46.3 Å². The molecular weight excluding hydrogens is 260 g/mol. The van der Waals surface area contributed by atoms with Crippen LogP contribution in [0, 0.1) is 0 Å². The Labute approximate surface area is 128 Å². The fourth-order valence-corrected chi connectivity index (χ4v) is 2.82. The third-order valence-electron chi connectivity index (χ3n) is 4.26. The van der Waals surface area contributed by atoms with Crippen molar-refractivity contribution in [1.29, 1.82) is 0 Å². The van der Waals surface area contributed by atoms with Crippen LogP contribution in [0.4, 0.5) is 0 Å². The number of carbonyl (C=O) groups is 1. The molecule has 1 aliphatic heterocycles. The summed E-state index contributed by atoms with van der Waals surface area (Å²) < 4.78 is 0. The Balaban J connectivity index is 1.86. The maximum Gasteiger partial charge on any atom is 0.222 e. The first kappa shape index (κ1) is 16.0.